The van der Waals surface area contributed by atoms with Gasteiger partial charge in [0.15, 0.2) is 0 Å². The lowest BCUT2D eigenvalue weighted by molar-refractivity contribution is 0.858. The lowest BCUT2D eigenvalue weighted by atomic mass is 10.2. The van der Waals surface area contributed by atoms with Crippen LogP contribution in [-0.2, 0) is 6.54 Å². The normalized spacial score (nSPS) is 13.6. The molecule has 8 heterocycles. The number of allylic oxidation sites excluding steroid dienone is 2. The molecule has 8 nitrogen and oxygen atoms in total. The maximum atomic E-state index is 3.92. The number of rotatable bonds is 1. The largest absolute Gasteiger partial charge is 0.378 e. The number of H-pyrrole nitrogens is 7. The Morgan fingerprint density at radius 1 is 0.390 bits per heavy atom. The van der Waals surface area contributed by atoms with Crippen LogP contribution in [0.2, 0.25) is 0 Å². The molecule has 0 saturated carbocycles. The highest BCUT2D eigenvalue weighted by atomic mass is 15.0. The number of hydrogen-bond acceptors (Lipinski definition) is 1. The molecule has 14 bridgehead atoms. The van der Waals surface area contributed by atoms with Crippen molar-refractivity contribution in [1.82, 2.24) is 40.2 Å². The van der Waals surface area contributed by atoms with Gasteiger partial charge in [-0.1, -0.05) is 12.7 Å². The topological polar surface area (TPSA) is 123 Å². The minimum atomic E-state index is 0.640. The third-order valence-electron chi connectivity index (χ3n) is 7.65. The Hall–Kier alpha value is -5.76. The van der Waals surface area contributed by atoms with Crippen molar-refractivity contribution in [1.29, 1.82) is 0 Å². The summed E-state index contributed by atoms with van der Waals surface area (Å²) in [4.78, 5) is 24.9. The van der Waals surface area contributed by atoms with Crippen molar-refractivity contribution in [3.8, 4) is 68.3 Å². The maximum Gasteiger partial charge on any atom is 0.0624 e. The molecule has 8 rings (SSSR count). The van der Waals surface area contributed by atoms with Gasteiger partial charge in [-0.05, 0) is 91.0 Å². The fourth-order valence-electron chi connectivity index (χ4n) is 5.51. The first-order valence-electron chi connectivity index (χ1n) is 13.6. The van der Waals surface area contributed by atoms with Gasteiger partial charge in [-0.25, -0.2) is 0 Å². The first-order valence-corrected chi connectivity index (χ1v) is 13.6. The molecule has 7 aromatic rings. The molecule has 1 aliphatic heterocycles. The van der Waals surface area contributed by atoms with Crippen LogP contribution < -0.4 is 5.32 Å². The van der Waals surface area contributed by atoms with Crippen LogP contribution in [0.15, 0.2) is 104 Å². The highest BCUT2D eigenvalue weighted by Gasteiger charge is 2.14. The molecule has 0 aliphatic carbocycles. The van der Waals surface area contributed by atoms with Crippen molar-refractivity contribution in [2.24, 2.45) is 0 Å². The molecule has 8 N–H and O–H groups in total. The summed E-state index contributed by atoms with van der Waals surface area (Å²) in [6.45, 7) is 4.56. The van der Waals surface area contributed by atoms with E-state index in [1.54, 1.807) is 6.08 Å². The van der Waals surface area contributed by atoms with E-state index in [1.807, 2.05) is 6.08 Å². The minimum absolute atomic E-state index is 0.640. The number of nitrogens with one attached hydrogen (secondary N) is 8. The van der Waals surface area contributed by atoms with Crippen LogP contribution in [-0.4, -0.2) is 34.9 Å². The van der Waals surface area contributed by atoms with Crippen molar-refractivity contribution in [2.45, 2.75) is 6.54 Å². The molecule has 0 unspecified atom stereocenters. The molecule has 0 fully saturated rings. The maximum absolute atomic E-state index is 3.92. The molecule has 200 valence electrons. The Labute approximate surface area is 235 Å². The van der Waals surface area contributed by atoms with Crippen LogP contribution in [0.3, 0.4) is 0 Å². The zero-order chi connectivity index (χ0) is 27.3. The van der Waals surface area contributed by atoms with E-state index >= 15 is 0 Å². The predicted molar refractivity (Wildman–Crippen MR) is 165 cm³/mol. The van der Waals surface area contributed by atoms with E-state index in [2.05, 4.69) is 132 Å². The Kier molecular flexibility index (Phi) is 5.18. The smallest absolute Gasteiger partial charge is 0.0624 e. The van der Waals surface area contributed by atoms with Crippen molar-refractivity contribution >= 4 is 5.70 Å². The van der Waals surface area contributed by atoms with Gasteiger partial charge in [-0.3, -0.25) is 0 Å². The molecule has 0 spiro atoms. The molecule has 41 heavy (non-hydrogen) atoms. The Morgan fingerprint density at radius 2 is 0.683 bits per heavy atom. The third kappa shape index (κ3) is 4.09. The zero-order valence-corrected chi connectivity index (χ0v) is 22.2. The van der Waals surface area contributed by atoms with Gasteiger partial charge in [0.1, 0.15) is 0 Å². The zero-order valence-electron chi connectivity index (χ0n) is 22.2. The van der Waals surface area contributed by atoms with Gasteiger partial charge in [-0.15, -0.1) is 0 Å². The Morgan fingerprint density at radius 3 is 1.05 bits per heavy atom. The molecule has 0 atom stereocenters. The highest BCUT2D eigenvalue weighted by molar-refractivity contribution is 5.73. The van der Waals surface area contributed by atoms with Crippen LogP contribution in [0.4, 0.5) is 0 Å². The number of hydrogen-bond donors (Lipinski definition) is 8. The second-order valence-corrected chi connectivity index (χ2v) is 10.3. The lowest BCUT2D eigenvalue weighted by Gasteiger charge is -2.09. The molecule has 1 aliphatic rings. The second kappa shape index (κ2) is 9.17. The van der Waals surface area contributed by atoms with Crippen molar-refractivity contribution in [3.63, 3.8) is 0 Å². The van der Waals surface area contributed by atoms with Crippen LogP contribution in [0.5, 0.6) is 0 Å². The van der Waals surface area contributed by atoms with E-state index < -0.39 is 0 Å². The van der Waals surface area contributed by atoms with Gasteiger partial charge in [-0.2, -0.15) is 0 Å². The van der Waals surface area contributed by atoms with Gasteiger partial charge in [0.2, 0.25) is 0 Å². The Bertz CT molecular complexity index is 2040. The summed E-state index contributed by atoms with van der Waals surface area (Å²) in [5.74, 6) is 0. The van der Waals surface area contributed by atoms with E-state index in [0.717, 1.165) is 85.4 Å². The standard InChI is InChI=1S/C33H28N8/c1-2-3-20-21-6-7-24(36-21)25-10-11-28(38-25)29-14-15-32(40-29)33-17-16-31(41-33)30-13-12-27(39-30)26-9-8-23(37-26)22-5-4-19(35-22)18-34-20/h2-17,34-41H,1,18H2/b20-3-. The quantitative estimate of drug-likeness (QED) is 0.108. The summed E-state index contributed by atoms with van der Waals surface area (Å²) in [6.07, 6.45) is 3.78. The molecular weight excluding hydrogens is 508 g/mol. The first-order chi connectivity index (χ1) is 20.2. The van der Waals surface area contributed by atoms with Gasteiger partial charge in [0, 0.05) is 5.69 Å². The molecule has 0 radical (unpaired) electrons. The predicted octanol–water partition coefficient (Wildman–Crippen LogP) is 7.62. The fourth-order valence-corrected chi connectivity index (χ4v) is 5.51. The third-order valence-corrected chi connectivity index (χ3v) is 7.65. The summed E-state index contributed by atoms with van der Waals surface area (Å²) in [6, 6.07) is 29.4. The van der Waals surface area contributed by atoms with Crippen LogP contribution in [0.1, 0.15) is 11.4 Å². The van der Waals surface area contributed by atoms with E-state index in [9.17, 15) is 0 Å². The number of aromatic amines is 7. The summed E-state index contributed by atoms with van der Waals surface area (Å²) in [5, 5.41) is 3.56. The van der Waals surface area contributed by atoms with Crippen LogP contribution in [0, 0.1) is 0 Å². The van der Waals surface area contributed by atoms with E-state index in [4.69, 9.17) is 0 Å². The number of aromatic nitrogens is 7. The molecule has 0 aromatic carbocycles. The second-order valence-electron chi connectivity index (χ2n) is 10.3. The first kappa shape index (κ1) is 23.2. The van der Waals surface area contributed by atoms with Gasteiger partial charge in [0.05, 0.1) is 86.3 Å². The highest BCUT2D eigenvalue weighted by Crippen LogP contribution is 2.31. The number of fused-ring (bicyclic) bond motifs is 20. The van der Waals surface area contributed by atoms with Crippen molar-refractivity contribution in [2.75, 3.05) is 0 Å². The van der Waals surface area contributed by atoms with E-state index in [1.165, 1.54) is 0 Å². The van der Waals surface area contributed by atoms with Crippen molar-refractivity contribution < 1.29 is 0 Å². The average Bonchev–Trinajstić information content (AvgIpc) is 3.81. The molecule has 8 heteroatoms. The van der Waals surface area contributed by atoms with Crippen LogP contribution in [0.25, 0.3) is 74.0 Å². The SMILES string of the molecule is C=C/C=C1\NCc2ccc([nH]2)-c2ccc([nH]2)-c2ccc([nH]2)-c2ccc([nH]2)-c2ccc([nH]2)-c2ccc([nH]2)-c2ccc1[nH]2. The van der Waals surface area contributed by atoms with Crippen molar-refractivity contribution in [3.05, 3.63) is 115 Å². The molecule has 0 amide bonds. The summed E-state index contributed by atoms with van der Waals surface area (Å²) in [5.41, 5.74) is 15.3. The average molecular weight is 537 g/mol. The monoisotopic (exact) mass is 536 g/mol. The van der Waals surface area contributed by atoms with Crippen LogP contribution >= 0.6 is 0 Å². The van der Waals surface area contributed by atoms with Gasteiger partial charge < -0.3 is 40.2 Å². The minimum Gasteiger partial charge on any atom is -0.378 e. The molecule has 0 saturated heterocycles. The molecular formula is C33H28N8. The molecule has 7 aromatic heterocycles. The summed E-state index contributed by atoms with van der Waals surface area (Å²) < 4.78 is 0. The van der Waals surface area contributed by atoms with E-state index in [-0.39, 0.29) is 0 Å². The van der Waals surface area contributed by atoms with Gasteiger partial charge >= 0.3 is 0 Å². The summed E-state index contributed by atoms with van der Waals surface area (Å²) in [7, 11) is 0. The summed E-state index contributed by atoms with van der Waals surface area (Å²) >= 11 is 0. The fraction of sp³-hybridized carbons (Fsp3) is 0.0303. The van der Waals surface area contributed by atoms with Gasteiger partial charge in [0.25, 0.3) is 0 Å². The Balaban J connectivity index is 1.21. The lowest BCUT2D eigenvalue weighted by Crippen LogP contribution is -2.12. The van der Waals surface area contributed by atoms with E-state index in [0.29, 0.717) is 6.54 Å².